The highest BCUT2D eigenvalue weighted by Gasteiger charge is 2.30. The molecule has 0 saturated heterocycles. The van der Waals surface area contributed by atoms with Crippen LogP contribution in [-0.4, -0.2) is 96.7 Å². The van der Waals surface area contributed by atoms with Crippen molar-refractivity contribution in [1.82, 2.24) is 0 Å². The fourth-order valence-electron chi connectivity index (χ4n) is 10.6. The van der Waals surface area contributed by atoms with Gasteiger partial charge < -0.3 is 33.8 Å². The van der Waals surface area contributed by atoms with Crippen molar-refractivity contribution in [1.29, 1.82) is 0 Å². The number of phosphoric ester groups is 2. The molecule has 0 aliphatic carbocycles. The maximum Gasteiger partial charge on any atom is 0.472 e. The second kappa shape index (κ2) is 63.5. The number of ether oxygens (including phenoxy) is 4. The molecule has 0 aromatic rings. The zero-order valence-corrected chi connectivity index (χ0v) is 59.4. The summed E-state index contributed by atoms with van der Waals surface area (Å²) in [4.78, 5) is 72.4. The van der Waals surface area contributed by atoms with Gasteiger partial charge in [0, 0.05) is 25.7 Å². The molecule has 89 heavy (non-hydrogen) atoms. The highest BCUT2D eigenvalue weighted by atomic mass is 31.2. The number of unbranched alkanes of at least 4 members (excludes halogenated alkanes) is 42. The van der Waals surface area contributed by atoms with Crippen LogP contribution in [0.3, 0.4) is 0 Å². The van der Waals surface area contributed by atoms with Gasteiger partial charge in [-0.2, -0.15) is 0 Å². The Bertz CT molecular complexity index is 1720. The first-order valence-corrected chi connectivity index (χ1v) is 39.6. The lowest BCUT2D eigenvalue weighted by Crippen LogP contribution is -2.30. The molecule has 0 fully saturated rings. The van der Waals surface area contributed by atoms with Crippen LogP contribution in [0.1, 0.15) is 362 Å². The Morgan fingerprint density at radius 2 is 0.517 bits per heavy atom. The van der Waals surface area contributed by atoms with E-state index in [1.165, 1.54) is 173 Å². The molecule has 3 N–H and O–H groups in total. The van der Waals surface area contributed by atoms with Crippen molar-refractivity contribution in [2.75, 3.05) is 39.6 Å². The summed E-state index contributed by atoms with van der Waals surface area (Å²) in [5.41, 5.74) is 0. The van der Waals surface area contributed by atoms with E-state index in [4.69, 9.17) is 37.0 Å². The first kappa shape index (κ1) is 87.1. The molecule has 0 aliphatic heterocycles. The molecule has 0 aromatic carbocycles. The van der Waals surface area contributed by atoms with E-state index in [0.29, 0.717) is 25.7 Å². The zero-order valence-electron chi connectivity index (χ0n) is 57.6. The summed E-state index contributed by atoms with van der Waals surface area (Å²) in [6, 6.07) is 0. The van der Waals surface area contributed by atoms with Crippen molar-refractivity contribution in [3.8, 4) is 0 Å². The molecule has 0 amide bonds. The number of carbonyl (C=O) groups excluding carboxylic acids is 4. The predicted molar refractivity (Wildman–Crippen MR) is 358 cm³/mol. The second-order valence-electron chi connectivity index (χ2n) is 25.7. The molecule has 0 aliphatic rings. The lowest BCUT2D eigenvalue weighted by molar-refractivity contribution is -0.161. The molecule has 0 rings (SSSR count). The van der Waals surface area contributed by atoms with Crippen LogP contribution >= 0.6 is 15.6 Å². The van der Waals surface area contributed by atoms with Crippen LogP contribution in [0.4, 0.5) is 0 Å². The minimum Gasteiger partial charge on any atom is -0.462 e. The van der Waals surface area contributed by atoms with E-state index in [1.54, 1.807) is 0 Å². The van der Waals surface area contributed by atoms with Gasteiger partial charge in [-0.25, -0.2) is 9.13 Å². The molecule has 0 aromatic heterocycles. The van der Waals surface area contributed by atoms with E-state index in [9.17, 15) is 43.2 Å². The number of aliphatic hydroxyl groups is 1. The molecular formula is C70H136O17P2. The average Bonchev–Trinajstić information content (AvgIpc) is 3.70. The van der Waals surface area contributed by atoms with Crippen molar-refractivity contribution >= 4 is 39.5 Å². The lowest BCUT2D eigenvalue weighted by Gasteiger charge is -2.21. The molecule has 0 heterocycles. The fraction of sp³-hybridized carbons (Fsp3) is 0.943. The second-order valence-corrected chi connectivity index (χ2v) is 28.7. The number of carbonyl (C=O) groups is 4. The summed E-state index contributed by atoms with van der Waals surface area (Å²) in [7, 11) is -9.89. The van der Waals surface area contributed by atoms with Gasteiger partial charge in [-0.1, -0.05) is 311 Å². The third kappa shape index (κ3) is 64.6. The molecule has 5 atom stereocenters. The number of hydrogen-bond acceptors (Lipinski definition) is 15. The van der Waals surface area contributed by atoms with Crippen LogP contribution in [0.2, 0.25) is 0 Å². The van der Waals surface area contributed by atoms with Gasteiger partial charge in [0.2, 0.25) is 0 Å². The largest absolute Gasteiger partial charge is 0.472 e. The Balaban J connectivity index is 5.18. The quantitative estimate of drug-likeness (QED) is 0.0222. The summed E-state index contributed by atoms with van der Waals surface area (Å²) in [6.07, 6.45) is 50.1. The number of hydrogen-bond donors (Lipinski definition) is 3. The van der Waals surface area contributed by atoms with E-state index in [0.717, 1.165) is 109 Å². The van der Waals surface area contributed by atoms with Gasteiger partial charge in [-0.05, 0) is 31.6 Å². The zero-order chi connectivity index (χ0) is 65.6. The van der Waals surface area contributed by atoms with Gasteiger partial charge in [-0.15, -0.1) is 0 Å². The normalized spacial score (nSPS) is 14.1. The Morgan fingerprint density at radius 3 is 0.764 bits per heavy atom. The summed E-state index contributed by atoms with van der Waals surface area (Å²) in [5.74, 6) is -1.38. The SMILES string of the molecule is CCCCCCCCCCCCCCCCCCCCC(=O)O[C@H](COC(=O)CCCCCCCCCCCC(C)C)COP(=O)(O)OC[C@@H](O)COP(=O)(O)OC[C@@H](COC(=O)CCCCCCCCC)OC(=O)CCCCCCCCCCCCCC. The number of rotatable bonds is 70. The molecular weight excluding hydrogens is 1170 g/mol. The van der Waals surface area contributed by atoms with Gasteiger partial charge in [0.25, 0.3) is 0 Å². The average molecular weight is 1310 g/mol. The molecule has 0 saturated carbocycles. The first-order chi connectivity index (χ1) is 43.0. The van der Waals surface area contributed by atoms with Gasteiger partial charge in [0.05, 0.1) is 26.4 Å². The molecule has 0 radical (unpaired) electrons. The van der Waals surface area contributed by atoms with Gasteiger partial charge in [0.1, 0.15) is 19.3 Å². The van der Waals surface area contributed by atoms with Crippen LogP contribution in [0.15, 0.2) is 0 Å². The maximum absolute atomic E-state index is 13.0. The molecule has 17 nitrogen and oxygen atoms in total. The monoisotopic (exact) mass is 1310 g/mol. The molecule has 19 heteroatoms. The summed E-state index contributed by atoms with van der Waals surface area (Å²) >= 11 is 0. The van der Waals surface area contributed by atoms with E-state index in [1.807, 2.05) is 0 Å². The van der Waals surface area contributed by atoms with Crippen LogP contribution in [0.25, 0.3) is 0 Å². The number of phosphoric acid groups is 2. The van der Waals surface area contributed by atoms with Crippen molar-refractivity contribution in [2.45, 2.75) is 380 Å². The minimum atomic E-state index is -4.95. The van der Waals surface area contributed by atoms with Crippen molar-refractivity contribution in [3.63, 3.8) is 0 Å². The van der Waals surface area contributed by atoms with E-state index < -0.39 is 97.5 Å². The first-order valence-electron chi connectivity index (χ1n) is 36.6. The van der Waals surface area contributed by atoms with E-state index >= 15 is 0 Å². The molecule has 0 bridgehead atoms. The fourth-order valence-corrected chi connectivity index (χ4v) is 12.2. The van der Waals surface area contributed by atoms with E-state index in [-0.39, 0.29) is 25.7 Å². The smallest absolute Gasteiger partial charge is 0.462 e. The Kier molecular flexibility index (Phi) is 62.1. The highest BCUT2D eigenvalue weighted by Crippen LogP contribution is 2.45. The van der Waals surface area contributed by atoms with Gasteiger partial charge >= 0.3 is 39.5 Å². The summed E-state index contributed by atoms with van der Waals surface area (Å²) < 4.78 is 68.2. The van der Waals surface area contributed by atoms with Gasteiger partial charge in [-0.3, -0.25) is 37.3 Å². The van der Waals surface area contributed by atoms with Crippen LogP contribution < -0.4 is 0 Å². The summed E-state index contributed by atoms with van der Waals surface area (Å²) in [5, 5.41) is 10.6. The third-order valence-electron chi connectivity index (χ3n) is 16.3. The Morgan fingerprint density at radius 1 is 0.303 bits per heavy atom. The van der Waals surface area contributed by atoms with Crippen LogP contribution in [0, 0.1) is 5.92 Å². The summed E-state index contributed by atoms with van der Waals surface area (Å²) in [6.45, 7) is 7.19. The standard InChI is InChI=1S/C70H136O17P2/c1-6-9-12-15-18-20-22-24-25-26-27-28-29-31-35-41-46-51-56-70(75)87-66(60-81-68(73)54-49-44-39-36-32-33-38-42-47-52-63(4)5)62-85-89(78,79)83-58-64(71)57-82-88(76,77)84-61-65(59-80-67(72)53-48-43-37-17-14-11-8-3)86-69(74)55-50-45-40-34-30-23-21-19-16-13-10-7-2/h63-66,71H,6-62H2,1-5H3,(H,76,77)(H,78,79)/t64-,65+,66+/m0/s1. The number of esters is 4. The highest BCUT2D eigenvalue weighted by molar-refractivity contribution is 7.47. The molecule has 0 spiro atoms. The Labute approximate surface area is 543 Å². The van der Waals surface area contributed by atoms with Crippen molar-refractivity contribution in [2.24, 2.45) is 5.92 Å². The minimum absolute atomic E-state index is 0.107. The van der Waals surface area contributed by atoms with Crippen molar-refractivity contribution < 1.29 is 80.2 Å². The van der Waals surface area contributed by atoms with E-state index in [2.05, 4.69) is 34.6 Å². The molecule has 528 valence electrons. The lowest BCUT2D eigenvalue weighted by atomic mass is 10.0. The van der Waals surface area contributed by atoms with Gasteiger partial charge in [0.15, 0.2) is 12.2 Å². The molecule has 2 unspecified atom stereocenters. The third-order valence-corrected chi connectivity index (χ3v) is 18.2. The van der Waals surface area contributed by atoms with Crippen LogP contribution in [-0.2, 0) is 65.4 Å². The predicted octanol–water partition coefficient (Wildman–Crippen LogP) is 20.1. The maximum atomic E-state index is 13.0. The van der Waals surface area contributed by atoms with Crippen LogP contribution in [0.5, 0.6) is 0 Å². The number of aliphatic hydroxyl groups excluding tert-OH is 1. The topological polar surface area (TPSA) is 237 Å². The van der Waals surface area contributed by atoms with Crippen molar-refractivity contribution in [3.05, 3.63) is 0 Å². The Hall–Kier alpha value is -1.94.